The third-order valence-electron chi connectivity index (χ3n) is 2.52. The highest BCUT2D eigenvalue weighted by Crippen LogP contribution is 2.43. The minimum atomic E-state index is -3.19. The molecule has 0 aliphatic carbocycles. The van der Waals surface area contributed by atoms with Crippen LogP contribution in [0.5, 0.6) is 17.2 Å². The number of benzene rings is 1. The summed E-state index contributed by atoms with van der Waals surface area (Å²) in [7, 11) is 1.25. The van der Waals surface area contributed by atoms with Crippen molar-refractivity contribution in [3.63, 3.8) is 0 Å². The van der Waals surface area contributed by atoms with Gasteiger partial charge in [-0.05, 0) is 12.1 Å². The molecule has 1 rings (SSSR count). The molecule has 0 aromatic heterocycles. The first-order valence-electron chi connectivity index (χ1n) is 5.44. The van der Waals surface area contributed by atoms with Crippen LogP contribution in [-0.4, -0.2) is 41.8 Å². The van der Waals surface area contributed by atoms with E-state index in [2.05, 4.69) is 0 Å². The fourth-order valence-electron chi connectivity index (χ4n) is 1.73. The van der Waals surface area contributed by atoms with Gasteiger partial charge in [0.2, 0.25) is 5.75 Å². The van der Waals surface area contributed by atoms with Crippen molar-refractivity contribution < 1.29 is 22.6 Å². The lowest BCUT2D eigenvalue weighted by Crippen LogP contribution is -2.10. The number of hydrogen-bond acceptors (Lipinski definition) is 5. The van der Waals surface area contributed by atoms with E-state index in [-0.39, 0.29) is 5.75 Å². The smallest absolute Gasteiger partial charge is 0.203 e. The summed E-state index contributed by atoms with van der Waals surface area (Å²) in [6.07, 6.45) is 1.13. The second kappa shape index (κ2) is 6.34. The Bertz CT molecular complexity index is 541. The van der Waals surface area contributed by atoms with Crippen LogP contribution in [-0.2, 0) is 9.84 Å². The zero-order valence-corrected chi connectivity index (χ0v) is 12.8. The molecule has 0 bridgehead atoms. The van der Waals surface area contributed by atoms with Crippen LogP contribution in [0.1, 0.15) is 10.9 Å². The molecule has 0 radical (unpaired) electrons. The maximum absolute atomic E-state index is 11.3. The van der Waals surface area contributed by atoms with Gasteiger partial charge in [0.1, 0.15) is 9.84 Å². The molecule has 7 heteroatoms. The normalized spacial score (nSPS) is 12.9. The van der Waals surface area contributed by atoms with Crippen LogP contribution in [0.2, 0.25) is 0 Å². The molecule has 1 unspecified atom stereocenters. The topological polar surface area (TPSA) is 61.8 Å². The first kappa shape index (κ1) is 15.9. The summed E-state index contributed by atoms with van der Waals surface area (Å²) in [4.78, 5) is 0. The van der Waals surface area contributed by atoms with E-state index >= 15 is 0 Å². The van der Waals surface area contributed by atoms with E-state index in [4.69, 9.17) is 25.8 Å². The van der Waals surface area contributed by atoms with Gasteiger partial charge < -0.3 is 14.2 Å². The van der Waals surface area contributed by atoms with Crippen LogP contribution in [0.15, 0.2) is 12.1 Å². The van der Waals surface area contributed by atoms with Crippen molar-refractivity contribution in [2.24, 2.45) is 0 Å². The Balaban J connectivity index is 3.28. The highest BCUT2D eigenvalue weighted by Gasteiger charge is 2.23. The summed E-state index contributed by atoms with van der Waals surface area (Å²) in [6, 6.07) is 3.33. The number of rotatable bonds is 6. The van der Waals surface area contributed by atoms with E-state index in [1.54, 1.807) is 12.1 Å². The predicted octanol–water partition coefficient (Wildman–Crippen LogP) is 2.04. The van der Waals surface area contributed by atoms with E-state index in [9.17, 15) is 8.42 Å². The summed E-state index contributed by atoms with van der Waals surface area (Å²) in [5, 5.41) is -0.718. The Labute approximate surface area is 118 Å². The van der Waals surface area contributed by atoms with E-state index in [0.717, 1.165) is 6.26 Å². The number of hydrogen-bond donors (Lipinski definition) is 0. The van der Waals surface area contributed by atoms with Crippen LogP contribution in [0, 0.1) is 0 Å². The quantitative estimate of drug-likeness (QED) is 0.753. The summed E-state index contributed by atoms with van der Waals surface area (Å²) in [5.74, 6) is 1.08. The van der Waals surface area contributed by atoms with Gasteiger partial charge in [0, 0.05) is 11.8 Å². The van der Waals surface area contributed by atoms with Gasteiger partial charge in [-0.25, -0.2) is 8.42 Å². The summed E-state index contributed by atoms with van der Waals surface area (Å²) < 4.78 is 38.3. The lowest BCUT2D eigenvalue weighted by atomic mass is 10.1. The van der Waals surface area contributed by atoms with Gasteiger partial charge >= 0.3 is 0 Å². The number of ether oxygens (including phenoxy) is 3. The molecule has 0 N–H and O–H groups in total. The zero-order valence-electron chi connectivity index (χ0n) is 11.3. The van der Waals surface area contributed by atoms with Crippen molar-refractivity contribution in [1.29, 1.82) is 0 Å². The van der Waals surface area contributed by atoms with E-state index in [1.165, 1.54) is 21.3 Å². The molecule has 0 spiro atoms. The third kappa shape index (κ3) is 3.91. The first-order valence-corrected chi connectivity index (χ1v) is 7.94. The minimum Gasteiger partial charge on any atom is -0.493 e. The third-order valence-corrected chi connectivity index (χ3v) is 4.03. The average Bonchev–Trinajstić information content (AvgIpc) is 2.34. The number of halogens is 1. The lowest BCUT2D eigenvalue weighted by molar-refractivity contribution is 0.322. The maximum atomic E-state index is 11.3. The Morgan fingerprint density at radius 1 is 1.11 bits per heavy atom. The van der Waals surface area contributed by atoms with Gasteiger partial charge in [0.25, 0.3) is 0 Å². The van der Waals surface area contributed by atoms with E-state index in [0.29, 0.717) is 22.8 Å². The van der Waals surface area contributed by atoms with Gasteiger partial charge in [0.15, 0.2) is 11.5 Å². The van der Waals surface area contributed by atoms with Crippen LogP contribution < -0.4 is 14.2 Å². The van der Waals surface area contributed by atoms with Gasteiger partial charge in [-0.2, -0.15) is 0 Å². The Morgan fingerprint density at radius 2 is 1.68 bits per heavy atom. The highest BCUT2D eigenvalue weighted by molar-refractivity contribution is 7.90. The van der Waals surface area contributed by atoms with Gasteiger partial charge in [-0.15, -0.1) is 11.6 Å². The Morgan fingerprint density at radius 3 is 2.11 bits per heavy atom. The first-order chi connectivity index (χ1) is 8.84. The zero-order chi connectivity index (χ0) is 14.6. The van der Waals surface area contributed by atoms with Gasteiger partial charge in [0.05, 0.1) is 32.5 Å². The van der Waals surface area contributed by atoms with Crippen molar-refractivity contribution in [3.05, 3.63) is 17.7 Å². The van der Waals surface area contributed by atoms with Crippen molar-refractivity contribution in [1.82, 2.24) is 0 Å². The molecular formula is C12H17ClO5S. The molecule has 1 aromatic rings. The van der Waals surface area contributed by atoms with Crippen LogP contribution in [0.4, 0.5) is 0 Å². The summed E-state index contributed by atoms with van der Waals surface area (Å²) >= 11 is 6.14. The standard InChI is InChI=1S/C12H17ClO5S/c1-16-10-6-5-8(9(13)7-19(4,14)15)11(17-2)12(10)18-3/h5-6,9H,7H2,1-4H3. The summed E-state index contributed by atoms with van der Waals surface area (Å²) in [6.45, 7) is 0. The SMILES string of the molecule is COc1ccc(C(Cl)CS(C)(=O)=O)c(OC)c1OC. The average molecular weight is 309 g/mol. The van der Waals surface area contributed by atoms with E-state index in [1.807, 2.05) is 0 Å². The predicted molar refractivity (Wildman–Crippen MR) is 74.4 cm³/mol. The van der Waals surface area contributed by atoms with Crippen LogP contribution in [0.25, 0.3) is 0 Å². The molecule has 0 saturated heterocycles. The van der Waals surface area contributed by atoms with Crippen molar-refractivity contribution in [3.8, 4) is 17.2 Å². The lowest BCUT2D eigenvalue weighted by Gasteiger charge is -2.18. The van der Waals surface area contributed by atoms with E-state index < -0.39 is 15.2 Å². The minimum absolute atomic E-state index is 0.180. The monoisotopic (exact) mass is 308 g/mol. The fourth-order valence-corrected chi connectivity index (χ4v) is 3.30. The molecule has 0 amide bonds. The van der Waals surface area contributed by atoms with Crippen LogP contribution in [0.3, 0.4) is 0 Å². The van der Waals surface area contributed by atoms with Crippen molar-refractivity contribution in [2.75, 3.05) is 33.3 Å². The molecule has 0 aliphatic heterocycles. The molecule has 0 saturated carbocycles. The molecule has 108 valence electrons. The largest absolute Gasteiger partial charge is 0.493 e. The number of sulfone groups is 1. The van der Waals surface area contributed by atoms with Crippen molar-refractivity contribution >= 4 is 21.4 Å². The number of methoxy groups -OCH3 is 3. The fraction of sp³-hybridized carbons (Fsp3) is 0.500. The molecule has 0 heterocycles. The molecular weight excluding hydrogens is 292 g/mol. The van der Waals surface area contributed by atoms with Gasteiger partial charge in [-0.3, -0.25) is 0 Å². The molecule has 1 aromatic carbocycles. The molecule has 1 atom stereocenters. The van der Waals surface area contributed by atoms with Crippen LogP contribution >= 0.6 is 11.6 Å². The Hall–Kier alpha value is -1.14. The van der Waals surface area contributed by atoms with Crippen molar-refractivity contribution in [2.45, 2.75) is 5.38 Å². The van der Waals surface area contributed by atoms with Gasteiger partial charge in [-0.1, -0.05) is 0 Å². The molecule has 0 fully saturated rings. The second-order valence-corrected chi connectivity index (χ2v) is 6.70. The molecule has 5 nitrogen and oxygen atoms in total. The Kier molecular flexibility index (Phi) is 5.31. The highest BCUT2D eigenvalue weighted by atomic mass is 35.5. The number of alkyl halides is 1. The molecule has 19 heavy (non-hydrogen) atoms. The summed E-state index contributed by atoms with van der Waals surface area (Å²) in [5.41, 5.74) is 0.548. The maximum Gasteiger partial charge on any atom is 0.203 e. The molecule has 0 aliphatic rings. The second-order valence-electron chi connectivity index (χ2n) is 3.98.